The summed E-state index contributed by atoms with van der Waals surface area (Å²) >= 11 is 0. The van der Waals surface area contributed by atoms with Crippen LogP contribution in [0.25, 0.3) is 0 Å². The number of rotatable bonds is 5. The Balaban J connectivity index is 1.54. The summed E-state index contributed by atoms with van der Waals surface area (Å²) in [5.74, 6) is 1.45. The maximum atomic E-state index is 12.9. The predicted octanol–water partition coefficient (Wildman–Crippen LogP) is 2.18. The number of amides is 1. The van der Waals surface area contributed by atoms with Gasteiger partial charge in [0.15, 0.2) is 5.82 Å². The molecule has 8 nitrogen and oxygen atoms in total. The number of carbonyl (C=O) groups excluding carboxylic acids is 1. The fourth-order valence-electron chi connectivity index (χ4n) is 3.22. The summed E-state index contributed by atoms with van der Waals surface area (Å²) < 4.78 is 10.4. The molecule has 0 spiro atoms. The molecule has 1 saturated heterocycles. The zero-order chi connectivity index (χ0) is 16.5. The van der Waals surface area contributed by atoms with E-state index in [4.69, 9.17) is 9.26 Å². The fraction of sp³-hybridized carbons (Fsp3) is 0.625. The number of ether oxygens (including phenoxy) is 1. The van der Waals surface area contributed by atoms with Gasteiger partial charge in [0.25, 0.3) is 5.91 Å². The van der Waals surface area contributed by atoms with Crippen molar-refractivity contribution in [3.63, 3.8) is 0 Å². The summed E-state index contributed by atoms with van der Waals surface area (Å²) in [6, 6.07) is 1.70. The minimum absolute atomic E-state index is 0.0747. The number of H-pyrrole nitrogens is 1. The molecule has 24 heavy (non-hydrogen) atoms. The maximum absolute atomic E-state index is 12.9. The molecule has 2 aliphatic rings. The normalized spacial score (nSPS) is 21.2. The maximum Gasteiger partial charge on any atom is 0.275 e. The number of piperidine rings is 1. The van der Waals surface area contributed by atoms with Crippen LogP contribution in [0.1, 0.15) is 72.0 Å². The highest BCUT2D eigenvalue weighted by Crippen LogP contribution is 2.39. The molecule has 1 N–H and O–H groups in total. The van der Waals surface area contributed by atoms with Crippen LogP contribution < -0.4 is 0 Å². The molecule has 3 heterocycles. The molecule has 1 aliphatic heterocycles. The van der Waals surface area contributed by atoms with Crippen molar-refractivity contribution in [3.05, 3.63) is 29.2 Å². The van der Waals surface area contributed by atoms with Crippen molar-refractivity contribution in [2.45, 2.75) is 50.7 Å². The van der Waals surface area contributed by atoms with E-state index in [0.717, 1.165) is 25.0 Å². The van der Waals surface area contributed by atoms with Crippen LogP contribution in [0.5, 0.6) is 0 Å². The Morgan fingerprint density at radius 1 is 1.42 bits per heavy atom. The van der Waals surface area contributed by atoms with Gasteiger partial charge in [-0.3, -0.25) is 9.89 Å². The molecular weight excluding hydrogens is 310 g/mol. The minimum atomic E-state index is -0.189. The third kappa shape index (κ3) is 2.93. The van der Waals surface area contributed by atoms with E-state index in [-0.39, 0.29) is 11.9 Å². The molecule has 2 aromatic rings. The lowest BCUT2D eigenvalue weighted by molar-refractivity contribution is 0.0555. The van der Waals surface area contributed by atoms with Crippen LogP contribution in [0, 0.1) is 0 Å². The summed E-state index contributed by atoms with van der Waals surface area (Å²) in [5, 5.41) is 11.1. The van der Waals surface area contributed by atoms with Gasteiger partial charge in [0, 0.05) is 25.3 Å². The number of hydrogen-bond donors (Lipinski definition) is 1. The molecular formula is C16H21N5O3. The Labute approximate surface area is 139 Å². The summed E-state index contributed by atoms with van der Waals surface area (Å²) in [6.07, 6.45) is 5.17. The van der Waals surface area contributed by atoms with Crippen LogP contribution in [0.3, 0.4) is 0 Å². The molecule has 1 saturated carbocycles. The molecule has 4 rings (SSSR count). The van der Waals surface area contributed by atoms with Crippen LogP contribution in [0.4, 0.5) is 0 Å². The first-order chi connectivity index (χ1) is 11.8. The molecule has 2 fully saturated rings. The molecule has 0 bridgehead atoms. The van der Waals surface area contributed by atoms with Gasteiger partial charge in [0.05, 0.1) is 0 Å². The second-order valence-electron chi connectivity index (χ2n) is 6.47. The molecule has 1 amide bonds. The minimum Gasteiger partial charge on any atom is -0.377 e. The summed E-state index contributed by atoms with van der Waals surface area (Å²) in [7, 11) is 1.58. The number of nitrogens with one attached hydrogen (secondary N) is 1. The SMILES string of the molecule is COCc1noc(C2CCCCN2C(=O)c2cc(C3CC3)[nH]n2)n1. The standard InChI is InChI=1S/C16H21N5O3/c1-23-9-14-17-15(24-20-14)13-4-2-3-7-21(13)16(22)12-8-11(18-19-12)10-5-6-10/h8,10,13H,2-7,9H2,1H3,(H,18,19). The van der Waals surface area contributed by atoms with Gasteiger partial charge in [-0.1, -0.05) is 5.16 Å². The van der Waals surface area contributed by atoms with E-state index in [1.54, 1.807) is 12.0 Å². The number of carbonyl (C=O) groups is 1. The van der Waals surface area contributed by atoms with Crippen molar-refractivity contribution in [3.8, 4) is 0 Å². The van der Waals surface area contributed by atoms with E-state index < -0.39 is 0 Å². The number of likely N-dealkylation sites (tertiary alicyclic amines) is 1. The van der Waals surface area contributed by atoms with Gasteiger partial charge in [-0.15, -0.1) is 0 Å². The van der Waals surface area contributed by atoms with E-state index in [2.05, 4.69) is 20.3 Å². The molecule has 0 aromatic carbocycles. The Morgan fingerprint density at radius 3 is 3.08 bits per heavy atom. The van der Waals surface area contributed by atoms with Crippen molar-refractivity contribution in [2.75, 3.05) is 13.7 Å². The Morgan fingerprint density at radius 2 is 2.29 bits per heavy atom. The van der Waals surface area contributed by atoms with E-state index in [0.29, 0.717) is 36.5 Å². The van der Waals surface area contributed by atoms with Crippen LogP contribution in [0.2, 0.25) is 0 Å². The lowest BCUT2D eigenvalue weighted by Crippen LogP contribution is -2.38. The zero-order valence-electron chi connectivity index (χ0n) is 13.7. The topological polar surface area (TPSA) is 97.1 Å². The first-order valence-corrected chi connectivity index (χ1v) is 8.44. The lowest BCUT2D eigenvalue weighted by Gasteiger charge is -2.32. The second-order valence-corrected chi connectivity index (χ2v) is 6.47. The Bertz CT molecular complexity index is 721. The van der Waals surface area contributed by atoms with Gasteiger partial charge in [0.2, 0.25) is 5.89 Å². The van der Waals surface area contributed by atoms with Crippen molar-refractivity contribution < 1.29 is 14.1 Å². The summed E-state index contributed by atoms with van der Waals surface area (Å²) in [6.45, 7) is 0.978. The van der Waals surface area contributed by atoms with E-state index >= 15 is 0 Å². The molecule has 2 aromatic heterocycles. The van der Waals surface area contributed by atoms with Gasteiger partial charge in [-0.25, -0.2) is 0 Å². The van der Waals surface area contributed by atoms with Gasteiger partial charge < -0.3 is 14.2 Å². The zero-order valence-corrected chi connectivity index (χ0v) is 13.7. The van der Waals surface area contributed by atoms with Crippen LogP contribution in [-0.4, -0.2) is 44.8 Å². The molecule has 1 atom stereocenters. The Hall–Kier alpha value is -2.22. The van der Waals surface area contributed by atoms with Gasteiger partial charge in [-0.2, -0.15) is 10.1 Å². The smallest absolute Gasteiger partial charge is 0.275 e. The van der Waals surface area contributed by atoms with Crippen LogP contribution in [0.15, 0.2) is 10.6 Å². The Kier molecular flexibility index (Phi) is 4.05. The molecule has 8 heteroatoms. The first-order valence-electron chi connectivity index (χ1n) is 8.44. The number of nitrogens with zero attached hydrogens (tertiary/aromatic N) is 4. The van der Waals surface area contributed by atoms with Gasteiger partial charge in [-0.05, 0) is 38.2 Å². The monoisotopic (exact) mass is 331 g/mol. The molecule has 0 radical (unpaired) electrons. The summed E-state index contributed by atoms with van der Waals surface area (Å²) in [4.78, 5) is 19.1. The number of aromatic amines is 1. The van der Waals surface area contributed by atoms with Crippen molar-refractivity contribution in [1.29, 1.82) is 0 Å². The molecule has 1 unspecified atom stereocenters. The van der Waals surface area contributed by atoms with Crippen molar-refractivity contribution >= 4 is 5.91 Å². The largest absolute Gasteiger partial charge is 0.377 e. The first kappa shape index (κ1) is 15.3. The number of methoxy groups -OCH3 is 1. The third-order valence-corrected chi connectivity index (χ3v) is 4.64. The quantitative estimate of drug-likeness (QED) is 0.902. The van der Waals surface area contributed by atoms with Crippen LogP contribution in [-0.2, 0) is 11.3 Å². The molecule has 128 valence electrons. The van der Waals surface area contributed by atoms with Crippen molar-refractivity contribution in [1.82, 2.24) is 25.2 Å². The van der Waals surface area contributed by atoms with Gasteiger partial charge >= 0.3 is 0 Å². The van der Waals surface area contributed by atoms with Crippen molar-refractivity contribution in [2.24, 2.45) is 0 Å². The van der Waals surface area contributed by atoms with Gasteiger partial charge in [0.1, 0.15) is 18.3 Å². The van der Waals surface area contributed by atoms with E-state index in [1.807, 2.05) is 6.07 Å². The lowest BCUT2D eigenvalue weighted by atomic mass is 10.0. The highest BCUT2D eigenvalue weighted by atomic mass is 16.5. The predicted molar refractivity (Wildman–Crippen MR) is 83.2 cm³/mol. The highest BCUT2D eigenvalue weighted by Gasteiger charge is 2.34. The second kappa shape index (κ2) is 6.35. The average Bonchev–Trinajstić information content (AvgIpc) is 3.16. The van der Waals surface area contributed by atoms with Crippen LogP contribution >= 0.6 is 0 Å². The third-order valence-electron chi connectivity index (χ3n) is 4.64. The average molecular weight is 331 g/mol. The van der Waals surface area contributed by atoms with E-state index in [1.165, 1.54) is 12.8 Å². The fourth-order valence-corrected chi connectivity index (χ4v) is 3.22. The van der Waals surface area contributed by atoms with E-state index in [9.17, 15) is 4.79 Å². The highest BCUT2D eigenvalue weighted by molar-refractivity contribution is 5.92. The number of aromatic nitrogens is 4. The number of hydrogen-bond acceptors (Lipinski definition) is 6. The molecule has 1 aliphatic carbocycles. The summed E-state index contributed by atoms with van der Waals surface area (Å²) in [5.41, 5.74) is 1.53.